The summed E-state index contributed by atoms with van der Waals surface area (Å²) in [5.74, 6) is 0.530. The van der Waals surface area contributed by atoms with E-state index in [-0.39, 0.29) is 23.0 Å². The van der Waals surface area contributed by atoms with Crippen LogP contribution in [0.25, 0.3) is 11.0 Å². The number of piperidine rings is 1. The van der Waals surface area contributed by atoms with Crippen LogP contribution >= 0.6 is 0 Å². The second-order valence-electron chi connectivity index (χ2n) is 18.6. The summed E-state index contributed by atoms with van der Waals surface area (Å²) in [5, 5.41) is 15.9. The number of nitrogens with zero attached hydrogens (tertiary/aromatic N) is 5. The Kier molecular flexibility index (Phi) is 11.8. The first-order valence-corrected chi connectivity index (χ1v) is 24.5. The van der Waals surface area contributed by atoms with E-state index in [2.05, 4.69) is 59.1 Å². The highest BCUT2D eigenvalue weighted by Crippen LogP contribution is 2.50. The number of aromatic nitrogens is 3. The number of hydrogen-bond donors (Lipinski definition) is 3. The van der Waals surface area contributed by atoms with E-state index in [1.807, 2.05) is 12.1 Å². The van der Waals surface area contributed by atoms with E-state index >= 15 is 0 Å². The smallest absolute Gasteiger partial charge is 0.312 e. The fourth-order valence-electron chi connectivity index (χ4n) is 10.8. The standard InChI is InChI=1S/C48H56N8O7S/c57-47(53-64(60,61)38-28-43(56(58)59)46(52-31-38)50-29-32-14-24-62-25-15-32)41-10-9-36(27-44(41)63-37-26-34-13-20-49-45(34)51-30-37)54-22-18-48(19-23-54)16-11-35(12-17-48)55-21-3-6-42(55)40-5-2-1-4-39(40)33-7-8-33/h1-2,4-5,9-10,13,20,26-28,30-33,35,42H,3,6-8,11-12,14-19,21-25,29H2,(H,49,51)(H,50,52)(H,53,57)/t42-/m0/s1. The number of H-pyrrole nitrogens is 1. The van der Waals surface area contributed by atoms with Gasteiger partial charge in [0.2, 0.25) is 5.82 Å². The lowest BCUT2D eigenvalue weighted by atomic mass is 9.66. The molecule has 2 saturated carbocycles. The van der Waals surface area contributed by atoms with E-state index in [1.54, 1.807) is 41.7 Å². The molecule has 1 spiro atoms. The zero-order valence-electron chi connectivity index (χ0n) is 36.0. The molecule has 64 heavy (non-hydrogen) atoms. The second kappa shape index (κ2) is 17.8. The topological polar surface area (TPSA) is 185 Å². The summed E-state index contributed by atoms with van der Waals surface area (Å²) in [5.41, 5.74) is 4.48. The van der Waals surface area contributed by atoms with Crippen molar-refractivity contribution < 1.29 is 27.6 Å². The highest BCUT2D eigenvalue weighted by molar-refractivity contribution is 7.90. The zero-order valence-corrected chi connectivity index (χ0v) is 36.9. The average molecular weight is 889 g/mol. The molecular formula is C48H56N8O7S. The number of aromatic amines is 1. The molecule has 16 heteroatoms. The molecular weight excluding hydrogens is 833 g/mol. The molecule has 0 radical (unpaired) electrons. The lowest BCUT2D eigenvalue weighted by Gasteiger charge is -2.48. The third-order valence-electron chi connectivity index (χ3n) is 14.6. The van der Waals surface area contributed by atoms with Gasteiger partial charge >= 0.3 is 5.69 Å². The summed E-state index contributed by atoms with van der Waals surface area (Å²) >= 11 is 0. The van der Waals surface area contributed by atoms with Crippen molar-refractivity contribution in [1.29, 1.82) is 0 Å². The summed E-state index contributed by atoms with van der Waals surface area (Å²) in [6, 6.07) is 20.1. The van der Waals surface area contributed by atoms with Gasteiger partial charge in [-0.3, -0.25) is 19.8 Å². The molecule has 3 aliphatic heterocycles. The van der Waals surface area contributed by atoms with Gasteiger partial charge in [-0.05, 0) is 136 Å². The number of pyridine rings is 2. The minimum Gasteiger partial charge on any atom is -0.455 e. The van der Waals surface area contributed by atoms with E-state index < -0.39 is 31.4 Å². The number of anilines is 2. The quantitative estimate of drug-likeness (QED) is 0.0755. The SMILES string of the molecule is O=C(NS(=O)(=O)c1cnc(NCC2CCOCC2)c([N+](=O)[O-])c1)c1ccc(N2CCC3(CCC(N4CCC[C@H]4c4ccccc4C4CC4)CC3)CC2)cc1Oc1cnc2[nH]ccc2c1. The van der Waals surface area contributed by atoms with E-state index in [0.717, 1.165) is 68.0 Å². The van der Waals surface area contributed by atoms with Gasteiger partial charge in [0.25, 0.3) is 15.9 Å². The zero-order chi connectivity index (χ0) is 43.8. The third-order valence-corrected chi connectivity index (χ3v) is 15.9. The Morgan fingerprint density at radius 2 is 1.69 bits per heavy atom. The predicted octanol–water partition coefficient (Wildman–Crippen LogP) is 8.86. The molecule has 0 unspecified atom stereocenters. The molecule has 3 saturated heterocycles. The average Bonchev–Trinajstić information content (AvgIpc) is 3.85. The Hall–Kier alpha value is -5.58. The van der Waals surface area contributed by atoms with Crippen LogP contribution < -0.4 is 19.7 Å². The van der Waals surface area contributed by atoms with Crippen molar-refractivity contribution in [3.8, 4) is 11.5 Å². The Balaban J connectivity index is 0.831. The molecule has 0 bridgehead atoms. The van der Waals surface area contributed by atoms with Gasteiger partial charge in [-0.15, -0.1) is 0 Å². The van der Waals surface area contributed by atoms with E-state index in [1.165, 1.54) is 57.9 Å². The van der Waals surface area contributed by atoms with Crippen LogP contribution in [0.2, 0.25) is 0 Å². The minimum absolute atomic E-state index is 0.0227. The van der Waals surface area contributed by atoms with Gasteiger partial charge in [-0.2, -0.15) is 0 Å². The number of sulfonamides is 1. The summed E-state index contributed by atoms with van der Waals surface area (Å²) in [7, 11) is -4.60. The first-order chi connectivity index (χ1) is 31.1. The molecule has 3 N–H and O–H groups in total. The Morgan fingerprint density at radius 1 is 0.906 bits per heavy atom. The molecule has 15 nitrogen and oxygen atoms in total. The molecule has 10 rings (SSSR count). The van der Waals surface area contributed by atoms with Gasteiger partial charge in [0.15, 0.2) is 0 Å². The maximum Gasteiger partial charge on any atom is 0.312 e. The Bertz CT molecular complexity index is 2630. The third kappa shape index (κ3) is 8.91. The summed E-state index contributed by atoms with van der Waals surface area (Å²) in [6.45, 7) is 4.56. The fraction of sp³-hybridized carbons (Fsp3) is 0.479. The maximum atomic E-state index is 14.0. The predicted molar refractivity (Wildman–Crippen MR) is 243 cm³/mol. The van der Waals surface area contributed by atoms with Crippen molar-refractivity contribution in [3.63, 3.8) is 0 Å². The van der Waals surface area contributed by atoms with Gasteiger partial charge in [0, 0.05) is 74.3 Å². The molecule has 5 aromatic rings. The first kappa shape index (κ1) is 42.4. The number of ether oxygens (including phenoxy) is 2. The number of likely N-dealkylation sites (tertiary alicyclic amines) is 1. The minimum atomic E-state index is -4.60. The van der Waals surface area contributed by atoms with Crippen LogP contribution in [0, 0.1) is 21.4 Å². The van der Waals surface area contributed by atoms with Crippen molar-refractivity contribution in [1.82, 2.24) is 24.6 Å². The van der Waals surface area contributed by atoms with Crippen molar-refractivity contribution in [3.05, 3.63) is 106 Å². The van der Waals surface area contributed by atoms with Gasteiger partial charge in [-0.25, -0.2) is 23.1 Å². The van der Waals surface area contributed by atoms with Crippen LogP contribution in [0.5, 0.6) is 11.5 Å². The number of carbonyl (C=O) groups is 1. The van der Waals surface area contributed by atoms with Crippen LogP contribution in [0.15, 0.2) is 84.1 Å². The van der Waals surface area contributed by atoms with Gasteiger partial charge in [0.1, 0.15) is 22.0 Å². The number of hydrogen-bond acceptors (Lipinski definition) is 12. The monoisotopic (exact) mass is 888 g/mol. The van der Waals surface area contributed by atoms with Crippen molar-refractivity contribution in [2.45, 2.75) is 99.9 Å². The molecule has 2 aromatic carbocycles. The number of benzene rings is 2. The number of amides is 1. The largest absolute Gasteiger partial charge is 0.455 e. The molecule has 2 aliphatic carbocycles. The van der Waals surface area contributed by atoms with E-state index in [4.69, 9.17) is 9.47 Å². The van der Waals surface area contributed by atoms with Crippen LogP contribution in [0.1, 0.15) is 110 Å². The maximum absolute atomic E-state index is 14.0. The second-order valence-corrected chi connectivity index (χ2v) is 20.2. The number of carbonyl (C=O) groups excluding carboxylic acids is 1. The van der Waals surface area contributed by atoms with Crippen LogP contribution in [-0.4, -0.2) is 84.5 Å². The van der Waals surface area contributed by atoms with Crippen molar-refractivity contribution in [2.24, 2.45) is 11.3 Å². The molecule has 1 atom stereocenters. The first-order valence-electron chi connectivity index (χ1n) is 23.0. The Labute approximate surface area is 373 Å². The van der Waals surface area contributed by atoms with Crippen LogP contribution in [0.4, 0.5) is 17.2 Å². The normalized spacial score (nSPS) is 21.0. The van der Waals surface area contributed by atoms with Gasteiger partial charge in [-0.1, -0.05) is 24.3 Å². The molecule has 5 aliphatic rings. The van der Waals surface area contributed by atoms with Crippen molar-refractivity contribution >= 4 is 44.2 Å². The van der Waals surface area contributed by atoms with E-state index in [0.29, 0.717) is 48.7 Å². The fourth-order valence-corrected chi connectivity index (χ4v) is 11.7. The summed E-state index contributed by atoms with van der Waals surface area (Å²) in [6.07, 6.45) is 18.2. The van der Waals surface area contributed by atoms with E-state index in [9.17, 15) is 23.3 Å². The lowest BCUT2D eigenvalue weighted by Crippen LogP contribution is -2.45. The van der Waals surface area contributed by atoms with Crippen LogP contribution in [-0.2, 0) is 14.8 Å². The summed E-state index contributed by atoms with van der Waals surface area (Å²) in [4.78, 5) is 41.6. The number of fused-ring (bicyclic) bond motifs is 1. The number of nitrogens with one attached hydrogen (secondary N) is 3. The summed E-state index contributed by atoms with van der Waals surface area (Å²) < 4.78 is 41.2. The van der Waals surface area contributed by atoms with Gasteiger partial charge in [0.05, 0.1) is 22.9 Å². The van der Waals surface area contributed by atoms with Crippen LogP contribution in [0.3, 0.4) is 0 Å². The highest BCUT2D eigenvalue weighted by Gasteiger charge is 2.42. The molecule has 3 aromatic heterocycles. The van der Waals surface area contributed by atoms with Gasteiger partial charge < -0.3 is 24.7 Å². The molecule has 336 valence electrons. The molecule has 1 amide bonds. The Morgan fingerprint density at radius 3 is 2.45 bits per heavy atom. The number of rotatable bonds is 13. The highest BCUT2D eigenvalue weighted by atomic mass is 32.2. The number of nitro groups is 1. The molecule has 6 heterocycles. The van der Waals surface area contributed by atoms with Crippen molar-refractivity contribution in [2.75, 3.05) is 49.6 Å². The lowest BCUT2D eigenvalue weighted by molar-refractivity contribution is -0.384. The molecule has 5 fully saturated rings.